The maximum Gasteiger partial charge on any atom is 0.223 e. The fraction of sp³-hybridized carbons (Fsp3) is 0.941. The second-order valence-corrected chi connectivity index (χ2v) is 6.86. The summed E-state index contributed by atoms with van der Waals surface area (Å²) in [6, 6.07) is 0.294. The van der Waals surface area contributed by atoms with Crippen molar-refractivity contribution in [3.63, 3.8) is 0 Å². The molecule has 0 spiro atoms. The SMILES string of the molecule is CCCCC1CCC(C(=O)NC(C)CCN(C)C)CC1. The largest absolute Gasteiger partial charge is 0.353 e. The van der Waals surface area contributed by atoms with Crippen LogP contribution in [0, 0.1) is 11.8 Å². The van der Waals surface area contributed by atoms with Crippen molar-refractivity contribution in [3.05, 3.63) is 0 Å². The molecule has 0 saturated heterocycles. The molecular formula is C17H34N2O. The molecule has 1 amide bonds. The number of carbonyl (C=O) groups excluding carboxylic acids is 1. The van der Waals surface area contributed by atoms with Crippen molar-refractivity contribution in [2.75, 3.05) is 20.6 Å². The van der Waals surface area contributed by atoms with Crippen molar-refractivity contribution in [2.45, 2.75) is 71.3 Å². The van der Waals surface area contributed by atoms with Gasteiger partial charge in [0.25, 0.3) is 0 Å². The van der Waals surface area contributed by atoms with E-state index in [1.807, 2.05) is 0 Å². The third kappa shape index (κ3) is 6.74. The van der Waals surface area contributed by atoms with Crippen LogP contribution in [0.4, 0.5) is 0 Å². The van der Waals surface area contributed by atoms with E-state index in [0.717, 1.165) is 31.7 Å². The number of carbonyl (C=O) groups is 1. The van der Waals surface area contributed by atoms with Crippen LogP contribution in [0.25, 0.3) is 0 Å². The quantitative estimate of drug-likeness (QED) is 0.739. The summed E-state index contributed by atoms with van der Waals surface area (Å²) in [6.07, 6.45) is 9.75. The number of hydrogen-bond donors (Lipinski definition) is 1. The third-order valence-corrected chi connectivity index (χ3v) is 4.58. The molecule has 1 fully saturated rings. The van der Waals surface area contributed by atoms with E-state index < -0.39 is 0 Å². The Morgan fingerprint density at radius 1 is 1.25 bits per heavy atom. The molecule has 0 aromatic carbocycles. The van der Waals surface area contributed by atoms with Crippen molar-refractivity contribution in [2.24, 2.45) is 11.8 Å². The Morgan fingerprint density at radius 3 is 2.45 bits per heavy atom. The molecule has 0 radical (unpaired) electrons. The molecule has 1 aliphatic carbocycles. The van der Waals surface area contributed by atoms with Crippen LogP contribution >= 0.6 is 0 Å². The highest BCUT2D eigenvalue weighted by molar-refractivity contribution is 5.78. The number of nitrogens with one attached hydrogen (secondary N) is 1. The molecule has 0 bridgehead atoms. The van der Waals surface area contributed by atoms with Crippen molar-refractivity contribution in [1.82, 2.24) is 10.2 Å². The predicted octanol–water partition coefficient (Wildman–Crippen LogP) is 3.44. The fourth-order valence-electron chi connectivity index (χ4n) is 3.09. The highest BCUT2D eigenvalue weighted by Crippen LogP contribution is 2.32. The van der Waals surface area contributed by atoms with Crippen LogP contribution in [0.5, 0.6) is 0 Å². The van der Waals surface area contributed by atoms with E-state index in [9.17, 15) is 4.79 Å². The van der Waals surface area contributed by atoms with Gasteiger partial charge in [-0.1, -0.05) is 26.2 Å². The topological polar surface area (TPSA) is 32.3 Å². The van der Waals surface area contributed by atoms with Crippen molar-refractivity contribution < 1.29 is 4.79 Å². The Bertz CT molecular complexity index is 270. The Kier molecular flexibility index (Phi) is 8.20. The predicted molar refractivity (Wildman–Crippen MR) is 85.7 cm³/mol. The fourth-order valence-corrected chi connectivity index (χ4v) is 3.09. The average molecular weight is 282 g/mol. The van der Waals surface area contributed by atoms with Gasteiger partial charge < -0.3 is 10.2 Å². The van der Waals surface area contributed by atoms with Crippen molar-refractivity contribution >= 4 is 5.91 Å². The molecule has 0 aromatic rings. The maximum absolute atomic E-state index is 12.2. The van der Waals surface area contributed by atoms with Crippen LogP contribution in [0.15, 0.2) is 0 Å². The van der Waals surface area contributed by atoms with Gasteiger partial charge in [-0.3, -0.25) is 4.79 Å². The van der Waals surface area contributed by atoms with E-state index >= 15 is 0 Å². The summed E-state index contributed by atoms with van der Waals surface area (Å²) in [4.78, 5) is 14.4. The summed E-state index contributed by atoms with van der Waals surface area (Å²) >= 11 is 0. The lowest BCUT2D eigenvalue weighted by atomic mass is 9.79. The van der Waals surface area contributed by atoms with E-state index in [4.69, 9.17) is 0 Å². The van der Waals surface area contributed by atoms with Crippen LogP contribution < -0.4 is 5.32 Å². The highest BCUT2D eigenvalue weighted by atomic mass is 16.1. The Balaban J connectivity index is 2.21. The summed E-state index contributed by atoms with van der Waals surface area (Å²) < 4.78 is 0. The number of nitrogens with zero attached hydrogens (tertiary/aromatic N) is 1. The first kappa shape index (κ1) is 17.5. The second-order valence-electron chi connectivity index (χ2n) is 6.86. The number of unbranched alkanes of at least 4 members (excludes halogenated alkanes) is 1. The molecule has 1 aliphatic rings. The summed E-state index contributed by atoms with van der Waals surface area (Å²) in [5.41, 5.74) is 0. The van der Waals surface area contributed by atoms with Gasteiger partial charge in [0, 0.05) is 12.0 Å². The first-order valence-corrected chi connectivity index (χ1v) is 8.48. The summed E-state index contributed by atoms with van der Waals surface area (Å²) in [5.74, 6) is 1.45. The Morgan fingerprint density at radius 2 is 1.90 bits per heavy atom. The Labute approximate surface area is 125 Å². The van der Waals surface area contributed by atoms with Gasteiger partial charge >= 0.3 is 0 Å². The van der Waals surface area contributed by atoms with Gasteiger partial charge in [0.15, 0.2) is 0 Å². The van der Waals surface area contributed by atoms with Gasteiger partial charge in [-0.25, -0.2) is 0 Å². The van der Waals surface area contributed by atoms with Gasteiger partial charge in [-0.15, -0.1) is 0 Å². The number of rotatable bonds is 8. The van der Waals surface area contributed by atoms with Crippen LogP contribution in [0.1, 0.15) is 65.2 Å². The zero-order valence-corrected chi connectivity index (χ0v) is 14.0. The molecule has 1 saturated carbocycles. The lowest BCUT2D eigenvalue weighted by molar-refractivity contribution is -0.126. The van der Waals surface area contributed by atoms with Crippen molar-refractivity contribution in [3.8, 4) is 0 Å². The summed E-state index contributed by atoms with van der Waals surface area (Å²) in [5, 5.41) is 3.20. The molecule has 0 aliphatic heterocycles. The monoisotopic (exact) mass is 282 g/mol. The van der Waals surface area contributed by atoms with E-state index in [1.54, 1.807) is 0 Å². The van der Waals surface area contributed by atoms with Crippen LogP contribution in [-0.2, 0) is 4.79 Å². The molecule has 1 atom stereocenters. The minimum absolute atomic E-state index is 0.273. The van der Waals surface area contributed by atoms with E-state index in [-0.39, 0.29) is 5.92 Å². The molecule has 3 heteroatoms. The smallest absolute Gasteiger partial charge is 0.223 e. The Hall–Kier alpha value is -0.570. The van der Waals surface area contributed by atoms with Crippen LogP contribution in [0.3, 0.4) is 0 Å². The van der Waals surface area contributed by atoms with Gasteiger partial charge in [0.05, 0.1) is 0 Å². The standard InChI is InChI=1S/C17H34N2O/c1-5-6-7-15-8-10-16(11-9-15)17(20)18-14(2)12-13-19(3)4/h14-16H,5-13H2,1-4H3,(H,18,20). The van der Waals surface area contributed by atoms with Crippen LogP contribution in [0.2, 0.25) is 0 Å². The lowest BCUT2D eigenvalue weighted by Gasteiger charge is -2.29. The minimum atomic E-state index is 0.273. The minimum Gasteiger partial charge on any atom is -0.353 e. The second kappa shape index (κ2) is 9.38. The summed E-state index contributed by atoms with van der Waals surface area (Å²) in [6.45, 7) is 5.41. The van der Waals surface area contributed by atoms with E-state index in [0.29, 0.717) is 11.9 Å². The lowest BCUT2D eigenvalue weighted by Crippen LogP contribution is -2.39. The molecular weight excluding hydrogens is 248 g/mol. The molecule has 1 unspecified atom stereocenters. The maximum atomic E-state index is 12.2. The molecule has 0 heterocycles. The highest BCUT2D eigenvalue weighted by Gasteiger charge is 2.26. The zero-order chi connectivity index (χ0) is 15.0. The molecule has 3 nitrogen and oxygen atoms in total. The molecule has 0 aromatic heterocycles. The first-order valence-electron chi connectivity index (χ1n) is 8.48. The van der Waals surface area contributed by atoms with Gasteiger partial charge in [-0.2, -0.15) is 0 Å². The molecule has 1 N–H and O–H groups in total. The first-order chi connectivity index (χ1) is 9.52. The van der Waals surface area contributed by atoms with E-state index in [2.05, 4.69) is 38.2 Å². The molecule has 20 heavy (non-hydrogen) atoms. The van der Waals surface area contributed by atoms with Gasteiger partial charge in [-0.05, 0) is 65.6 Å². The van der Waals surface area contributed by atoms with Crippen molar-refractivity contribution in [1.29, 1.82) is 0 Å². The van der Waals surface area contributed by atoms with Crippen LogP contribution in [-0.4, -0.2) is 37.5 Å². The number of amides is 1. The molecule has 118 valence electrons. The summed E-state index contributed by atoms with van der Waals surface area (Å²) in [7, 11) is 4.15. The third-order valence-electron chi connectivity index (χ3n) is 4.58. The normalized spacial score (nSPS) is 24.6. The average Bonchev–Trinajstić information content (AvgIpc) is 2.43. The van der Waals surface area contributed by atoms with E-state index in [1.165, 1.54) is 32.1 Å². The zero-order valence-electron chi connectivity index (χ0n) is 14.0. The van der Waals surface area contributed by atoms with Gasteiger partial charge in [0.2, 0.25) is 5.91 Å². The molecule has 1 rings (SSSR count). The number of hydrogen-bond acceptors (Lipinski definition) is 2. The van der Waals surface area contributed by atoms with Gasteiger partial charge in [0.1, 0.15) is 0 Å².